The van der Waals surface area contributed by atoms with Crippen LogP contribution >= 0.6 is 23.1 Å². The maximum absolute atomic E-state index is 12.7. The summed E-state index contributed by atoms with van der Waals surface area (Å²) in [5, 5.41) is 27.6. The van der Waals surface area contributed by atoms with Gasteiger partial charge in [-0.2, -0.15) is 11.3 Å². The van der Waals surface area contributed by atoms with E-state index in [-0.39, 0.29) is 64.7 Å². The van der Waals surface area contributed by atoms with Crippen LogP contribution in [0.25, 0.3) is 0 Å². The molecule has 2 saturated heterocycles. The van der Waals surface area contributed by atoms with Gasteiger partial charge in [0.15, 0.2) is 0 Å². The minimum Gasteiger partial charge on any atom is -0.549 e. The SMILES string of the molecule is COC1(NC(=O)C(C(=O)[O-])c2ccsc2)C(=O)N2C(C(=O)[O-])C(C)(C)SC21.[Na+].[Na+]. The number of fused-ring (bicyclic) bond motifs is 1. The van der Waals surface area contributed by atoms with Gasteiger partial charge in [0.25, 0.3) is 11.6 Å². The van der Waals surface area contributed by atoms with Crippen LogP contribution < -0.4 is 74.6 Å². The predicted molar refractivity (Wildman–Crippen MR) is 91.0 cm³/mol. The number of rotatable bonds is 6. The van der Waals surface area contributed by atoms with E-state index in [1.807, 2.05) is 0 Å². The molecule has 1 N–H and O–H groups in total. The molecular weight excluding hydrogens is 442 g/mol. The second kappa shape index (κ2) is 9.58. The van der Waals surface area contributed by atoms with Gasteiger partial charge >= 0.3 is 59.1 Å². The van der Waals surface area contributed by atoms with Gasteiger partial charge in [-0.05, 0) is 36.2 Å². The van der Waals surface area contributed by atoms with Crippen molar-refractivity contribution in [3.8, 4) is 0 Å². The monoisotopic (exact) mass is 458 g/mol. The largest absolute Gasteiger partial charge is 1.00 e. The van der Waals surface area contributed by atoms with Gasteiger partial charge in [-0.15, -0.1) is 11.8 Å². The first-order chi connectivity index (χ1) is 12.6. The second-order valence-corrected chi connectivity index (χ2v) is 9.26. The molecule has 29 heavy (non-hydrogen) atoms. The number of β-lactam (4-membered cyclic amide) rings is 1. The van der Waals surface area contributed by atoms with Crippen molar-refractivity contribution in [1.29, 1.82) is 0 Å². The summed E-state index contributed by atoms with van der Waals surface area (Å²) in [4.78, 5) is 49.4. The molecule has 2 aliphatic rings. The third-order valence-electron chi connectivity index (χ3n) is 4.73. The number of carboxylic acids is 2. The molecule has 4 unspecified atom stereocenters. The van der Waals surface area contributed by atoms with Crippen molar-refractivity contribution >= 4 is 46.9 Å². The fourth-order valence-corrected chi connectivity index (χ4v) is 5.81. The minimum absolute atomic E-state index is 0. The zero-order valence-electron chi connectivity index (χ0n) is 16.6. The van der Waals surface area contributed by atoms with E-state index in [9.17, 15) is 29.4 Å². The van der Waals surface area contributed by atoms with E-state index < -0.39 is 51.6 Å². The van der Waals surface area contributed by atoms with E-state index in [0.29, 0.717) is 0 Å². The van der Waals surface area contributed by atoms with E-state index in [0.717, 1.165) is 16.7 Å². The summed E-state index contributed by atoms with van der Waals surface area (Å²) >= 11 is 2.34. The van der Waals surface area contributed by atoms with Crippen LogP contribution in [0.3, 0.4) is 0 Å². The van der Waals surface area contributed by atoms with Gasteiger partial charge in [0.2, 0.25) is 5.91 Å². The maximum Gasteiger partial charge on any atom is 1.00 e. The fraction of sp³-hybridized carbons (Fsp3) is 0.500. The van der Waals surface area contributed by atoms with Crippen LogP contribution in [0.5, 0.6) is 0 Å². The number of carbonyl (C=O) groups excluding carboxylic acids is 4. The van der Waals surface area contributed by atoms with E-state index in [1.54, 1.807) is 19.2 Å². The molecule has 146 valence electrons. The van der Waals surface area contributed by atoms with Crippen molar-refractivity contribution in [3.63, 3.8) is 0 Å². The van der Waals surface area contributed by atoms with Gasteiger partial charge in [0.1, 0.15) is 11.3 Å². The smallest absolute Gasteiger partial charge is 0.549 e. The molecule has 13 heteroatoms. The van der Waals surface area contributed by atoms with E-state index in [1.165, 1.54) is 29.9 Å². The minimum atomic E-state index is -1.85. The van der Waals surface area contributed by atoms with Crippen LogP contribution in [0.1, 0.15) is 25.3 Å². The second-order valence-electron chi connectivity index (χ2n) is 6.75. The summed E-state index contributed by atoms with van der Waals surface area (Å²) in [5.74, 6) is -6.39. The number of hydrogen-bond donors (Lipinski definition) is 1. The van der Waals surface area contributed by atoms with Crippen molar-refractivity contribution in [3.05, 3.63) is 22.4 Å². The van der Waals surface area contributed by atoms with E-state index >= 15 is 0 Å². The van der Waals surface area contributed by atoms with Crippen LogP contribution in [0.15, 0.2) is 16.8 Å². The van der Waals surface area contributed by atoms with Crippen molar-refractivity contribution in [2.75, 3.05) is 7.11 Å². The molecule has 1 aromatic heterocycles. The van der Waals surface area contributed by atoms with Gasteiger partial charge in [-0.25, -0.2) is 0 Å². The average Bonchev–Trinajstić information content (AvgIpc) is 3.16. The first-order valence-electron chi connectivity index (χ1n) is 7.88. The maximum atomic E-state index is 12.7. The standard InChI is InChI=1S/C16H18N2O7S2.2Na/c1-15(2)9(12(22)23)18-13(24)16(25-3,14(18)27-15)17-10(19)8(11(20)21)7-4-5-26-6-7;;/h4-6,8-9,14H,1-3H3,(H,17,19)(H,20,21)(H,22,23);;/q;2*+1/p-2. The fourth-order valence-electron chi connectivity index (χ4n) is 3.45. The van der Waals surface area contributed by atoms with Crippen LogP contribution in [0, 0.1) is 0 Å². The number of aliphatic carboxylic acids is 2. The van der Waals surface area contributed by atoms with Gasteiger partial charge in [-0.3, -0.25) is 9.59 Å². The Morgan fingerprint density at radius 2 is 1.90 bits per heavy atom. The zero-order valence-corrected chi connectivity index (χ0v) is 22.2. The number of hydrogen-bond acceptors (Lipinski definition) is 9. The summed E-state index contributed by atoms with van der Waals surface area (Å²) in [6.07, 6.45) is 0. The average molecular weight is 458 g/mol. The van der Waals surface area contributed by atoms with Gasteiger partial charge < -0.3 is 34.8 Å². The molecular formula is C16H16N2Na2O7S2. The number of thiophene rings is 1. The quantitative estimate of drug-likeness (QED) is 0.192. The Labute approximate surface area is 219 Å². The molecule has 1 aromatic rings. The zero-order chi connectivity index (χ0) is 20.1. The van der Waals surface area contributed by atoms with Gasteiger partial charge in [-0.1, -0.05) is 0 Å². The van der Waals surface area contributed by atoms with Crippen molar-refractivity contribution in [1.82, 2.24) is 10.2 Å². The molecule has 3 heterocycles. The molecule has 0 spiro atoms. The number of amides is 2. The molecule has 4 atom stereocenters. The Bertz CT molecular complexity index is 820. The predicted octanol–water partition coefficient (Wildman–Crippen LogP) is -8.14. The summed E-state index contributed by atoms with van der Waals surface area (Å²) in [5.41, 5.74) is -1.63. The third kappa shape index (κ3) is 4.31. The summed E-state index contributed by atoms with van der Waals surface area (Å²) in [7, 11) is 1.19. The molecule has 2 amide bonds. The number of thioether (sulfide) groups is 1. The topological polar surface area (TPSA) is 139 Å². The molecule has 0 bridgehead atoms. The molecule has 0 aromatic carbocycles. The van der Waals surface area contributed by atoms with Crippen molar-refractivity contribution in [2.24, 2.45) is 0 Å². The number of carbonyl (C=O) groups is 4. The Hall–Kier alpha value is -0.110. The summed E-state index contributed by atoms with van der Waals surface area (Å²) in [6, 6.07) is 0.271. The van der Waals surface area contributed by atoms with Crippen LogP contribution in [0.4, 0.5) is 0 Å². The third-order valence-corrected chi connectivity index (χ3v) is 7.05. The van der Waals surface area contributed by atoms with Gasteiger partial charge in [0, 0.05) is 11.9 Å². The number of methoxy groups -OCH3 is 1. The van der Waals surface area contributed by atoms with Crippen molar-refractivity contribution in [2.45, 2.75) is 41.7 Å². The number of nitrogens with one attached hydrogen (secondary N) is 1. The van der Waals surface area contributed by atoms with E-state index in [4.69, 9.17) is 4.74 Å². The van der Waals surface area contributed by atoms with Crippen LogP contribution in [-0.2, 0) is 23.9 Å². The molecule has 3 rings (SSSR count). The van der Waals surface area contributed by atoms with Crippen LogP contribution in [-0.4, -0.2) is 57.7 Å². The normalized spacial score (nSPS) is 27.6. The number of ether oxygens (including phenoxy) is 1. The molecule has 2 aliphatic heterocycles. The summed E-state index contributed by atoms with van der Waals surface area (Å²) < 4.78 is 4.39. The Kier molecular flexibility index (Phi) is 8.89. The van der Waals surface area contributed by atoms with Crippen molar-refractivity contribution < 1.29 is 93.2 Å². The first kappa shape index (κ1) is 26.9. The van der Waals surface area contributed by atoms with E-state index in [2.05, 4.69) is 5.32 Å². The molecule has 2 fully saturated rings. The number of nitrogens with zero attached hydrogens (tertiary/aromatic N) is 1. The molecule has 0 radical (unpaired) electrons. The Morgan fingerprint density at radius 3 is 2.34 bits per heavy atom. The molecule has 0 aliphatic carbocycles. The number of carboxylic acid groups (broad SMARTS) is 2. The Morgan fingerprint density at radius 1 is 1.28 bits per heavy atom. The molecule has 0 saturated carbocycles. The van der Waals surface area contributed by atoms with Gasteiger partial charge in [0.05, 0.1) is 18.0 Å². The summed E-state index contributed by atoms with van der Waals surface area (Å²) in [6.45, 7) is 3.28. The molecule has 9 nitrogen and oxygen atoms in total. The first-order valence-corrected chi connectivity index (χ1v) is 9.70. The van der Waals surface area contributed by atoms with Crippen LogP contribution in [0.2, 0.25) is 0 Å². The Balaban J connectivity index is 0.00000210.